The maximum absolute atomic E-state index is 13.7. The van der Waals surface area contributed by atoms with Crippen molar-refractivity contribution >= 4 is 23.7 Å². The minimum absolute atomic E-state index is 0.329. The van der Waals surface area contributed by atoms with E-state index in [1.54, 1.807) is 6.92 Å². The van der Waals surface area contributed by atoms with Crippen LogP contribution >= 0.6 is 7.14 Å². The van der Waals surface area contributed by atoms with Gasteiger partial charge in [-0.05, 0) is 19.8 Å². The molecule has 2 aromatic rings. The van der Waals surface area contributed by atoms with E-state index in [0.717, 1.165) is 17.0 Å². The Hall–Kier alpha value is -2.12. The molecule has 3 nitrogen and oxygen atoms in total. The Morgan fingerprint density at radius 3 is 1.92 bits per heavy atom. The van der Waals surface area contributed by atoms with E-state index in [-0.39, 0.29) is 5.97 Å². The van der Waals surface area contributed by atoms with Crippen LogP contribution in [0.2, 0.25) is 0 Å². The lowest BCUT2D eigenvalue weighted by Crippen LogP contribution is -2.18. The molecule has 0 amide bonds. The van der Waals surface area contributed by atoms with Crippen LogP contribution in [0.25, 0.3) is 0 Å². The average molecular weight is 342 g/mol. The molecule has 0 saturated heterocycles. The van der Waals surface area contributed by atoms with Gasteiger partial charge in [0.1, 0.15) is 7.14 Å². The zero-order valence-electron chi connectivity index (χ0n) is 14.0. The molecule has 0 aliphatic rings. The lowest BCUT2D eigenvalue weighted by molar-refractivity contribution is -0.139. The molecule has 24 heavy (non-hydrogen) atoms. The Morgan fingerprint density at radius 2 is 1.46 bits per heavy atom. The molecule has 0 atom stereocenters. The molecule has 126 valence electrons. The summed E-state index contributed by atoms with van der Waals surface area (Å²) in [6.45, 7) is 5.51. The highest BCUT2D eigenvalue weighted by Gasteiger charge is 2.26. The summed E-state index contributed by atoms with van der Waals surface area (Å²) in [6, 6.07) is 19.2. The SMILES string of the molecule is C=C(C)C(=O)OCCCCP(=O)(c1ccccc1)c1ccccc1. The molecule has 0 saturated carbocycles. The molecule has 0 aromatic heterocycles. The molecule has 2 aromatic carbocycles. The molecule has 2 rings (SSSR count). The second kappa shape index (κ2) is 8.65. The zero-order chi connectivity index (χ0) is 17.4. The summed E-state index contributed by atoms with van der Waals surface area (Å²) in [6.07, 6.45) is 1.97. The van der Waals surface area contributed by atoms with E-state index >= 15 is 0 Å². The van der Waals surface area contributed by atoms with Crippen LogP contribution in [-0.4, -0.2) is 18.7 Å². The molecule has 0 aliphatic heterocycles. The van der Waals surface area contributed by atoms with Crippen molar-refractivity contribution < 1.29 is 14.1 Å². The highest BCUT2D eigenvalue weighted by Crippen LogP contribution is 2.44. The van der Waals surface area contributed by atoms with Gasteiger partial charge >= 0.3 is 5.97 Å². The first-order valence-electron chi connectivity index (χ1n) is 8.07. The quantitative estimate of drug-likeness (QED) is 0.316. The predicted molar refractivity (Wildman–Crippen MR) is 99.6 cm³/mol. The number of unbranched alkanes of at least 4 members (excludes halogenated alkanes) is 1. The van der Waals surface area contributed by atoms with Gasteiger partial charge < -0.3 is 9.30 Å². The molecule has 0 spiro atoms. The minimum Gasteiger partial charge on any atom is -0.462 e. The Labute approximate surface area is 143 Å². The third-order valence-electron chi connectivity index (χ3n) is 3.80. The molecular formula is C20H23O3P. The number of esters is 1. The first-order valence-corrected chi connectivity index (χ1v) is 9.96. The summed E-state index contributed by atoms with van der Waals surface area (Å²) in [7, 11) is -2.67. The number of hydrogen-bond donors (Lipinski definition) is 0. The molecule has 0 bridgehead atoms. The van der Waals surface area contributed by atoms with E-state index in [1.165, 1.54) is 0 Å². The summed E-state index contributed by atoms with van der Waals surface area (Å²) in [5, 5.41) is 1.74. The predicted octanol–water partition coefficient (Wildman–Crippen LogP) is 3.90. The standard InChI is InChI=1S/C20H23O3P/c1-17(2)20(21)23-15-9-10-16-24(22,18-11-5-3-6-12-18)19-13-7-4-8-14-19/h3-8,11-14H,1,9-10,15-16H2,2H3. The largest absolute Gasteiger partial charge is 0.462 e. The van der Waals surface area contributed by atoms with E-state index in [0.29, 0.717) is 24.8 Å². The van der Waals surface area contributed by atoms with Crippen molar-refractivity contribution in [1.29, 1.82) is 0 Å². The molecule has 0 N–H and O–H groups in total. The molecular weight excluding hydrogens is 319 g/mol. The van der Waals surface area contributed by atoms with Crippen LogP contribution in [-0.2, 0) is 14.1 Å². The lowest BCUT2D eigenvalue weighted by atomic mass is 10.3. The van der Waals surface area contributed by atoms with Crippen LogP contribution in [0.1, 0.15) is 19.8 Å². The van der Waals surface area contributed by atoms with E-state index in [1.807, 2.05) is 60.7 Å². The van der Waals surface area contributed by atoms with Gasteiger partial charge in [0.05, 0.1) is 6.61 Å². The summed E-state index contributed by atoms with van der Waals surface area (Å²) in [5.41, 5.74) is 0.397. The van der Waals surface area contributed by atoms with Gasteiger partial charge in [-0.1, -0.05) is 67.2 Å². The number of carbonyl (C=O) groups excluding carboxylic acids is 1. The number of carbonyl (C=O) groups is 1. The third-order valence-corrected chi connectivity index (χ3v) is 7.01. The molecule has 0 radical (unpaired) electrons. The maximum Gasteiger partial charge on any atom is 0.333 e. The van der Waals surface area contributed by atoms with Crippen molar-refractivity contribution in [3.8, 4) is 0 Å². The van der Waals surface area contributed by atoms with Crippen LogP contribution in [0.5, 0.6) is 0 Å². The smallest absolute Gasteiger partial charge is 0.333 e. The minimum atomic E-state index is -2.67. The van der Waals surface area contributed by atoms with Crippen LogP contribution in [0.3, 0.4) is 0 Å². The molecule has 0 fully saturated rings. The van der Waals surface area contributed by atoms with E-state index in [9.17, 15) is 9.36 Å². The molecule has 4 heteroatoms. The lowest BCUT2D eigenvalue weighted by Gasteiger charge is -2.19. The van der Waals surface area contributed by atoms with Gasteiger partial charge in [0.25, 0.3) is 0 Å². The van der Waals surface area contributed by atoms with Crippen molar-refractivity contribution in [3.63, 3.8) is 0 Å². The van der Waals surface area contributed by atoms with E-state index in [2.05, 4.69) is 6.58 Å². The van der Waals surface area contributed by atoms with Crippen LogP contribution in [0.4, 0.5) is 0 Å². The monoisotopic (exact) mass is 342 g/mol. The summed E-state index contributed by atoms with van der Waals surface area (Å²) in [5.74, 6) is -0.371. The van der Waals surface area contributed by atoms with E-state index < -0.39 is 7.14 Å². The van der Waals surface area contributed by atoms with Gasteiger partial charge in [-0.2, -0.15) is 0 Å². The summed E-state index contributed by atoms with van der Waals surface area (Å²) < 4.78 is 18.8. The van der Waals surface area contributed by atoms with Crippen molar-refractivity contribution in [2.45, 2.75) is 19.8 Å². The van der Waals surface area contributed by atoms with Crippen LogP contribution < -0.4 is 10.6 Å². The van der Waals surface area contributed by atoms with Gasteiger partial charge in [0, 0.05) is 22.3 Å². The molecule has 0 unspecified atom stereocenters. The van der Waals surface area contributed by atoms with Gasteiger partial charge in [-0.25, -0.2) is 4.79 Å². The van der Waals surface area contributed by atoms with E-state index in [4.69, 9.17) is 4.74 Å². The topological polar surface area (TPSA) is 43.4 Å². The first kappa shape index (κ1) is 18.2. The van der Waals surface area contributed by atoms with Crippen molar-refractivity contribution in [3.05, 3.63) is 72.8 Å². The Morgan fingerprint density at radius 1 is 0.958 bits per heavy atom. The van der Waals surface area contributed by atoms with Gasteiger partial charge in [-0.15, -0.1) is 0 Å². The molecule has 0 aliphatic carbocycles. The fourth-order valence-electron chi connectivity index (χ4n) is 2.47. The maximum atomic E-state index is 13.7. The Balaban J connectivity index is 2.05. The average Bonchev–Trinajstić information content (AvgIpc) is 2.62. The number of benzene rings is 2. The summed E-state index contributed by atoms with van der Waals surface area (Å²) in [4.78, 5) is 11.4. The molecule has 0 heterocycles. The van der Waals surface area contributed by atoms with Crippen molar-refractivity contribution in [1.82, 2.24) is 0 Å². The normalized spacial score (nSPS) is 11.0. The first-order chi connectivity index (χ1) is 11.5. The number of hydrogen-bond acceptors (Lipinski definition) is 3. The second-order valence-electron chi connectivity index (χ2n) is 5.76. The third kappa shape index (κ3) is 4.69. The van der Waals surface area contributed by atoms with Crippen LogP contribution in [0.15, 0.2) is 72.8 Å². The highest BCUT2D eigenvalue weighted by molar-refractivity contribution is 7.78. The van der Waals surface area contributed by atoms with Crippen molar-refractivity contribution in [2.75, 3.05) is 12.8 Å². The van der Waals surface area contributed by atoms with Gasteiger partial charge in [0.2, 0.25) is 0 Å². The Bertz CT molecular complexity index is 680. The number of ether oxygens (including phenoxy) is 1. The Kier molecular flexibility index (Phi) is 6.57. The van der Waals surface area contributed by atoms with Crippen LogP contribution in [0, 0.1) is 0 Å². The summed E-state index contributed by atoms with van der Waals surface area (Å²) >= 11 is 0. The highest BCUT2D eigenvalue weighted by atomic mass is 31.2. The fraction of sp³-hybridized carbons (Fsp3) is 0.250. The number of rotatable bonds is 8. The fourth-order valence-corrected chi connectivity index (χ4v) is 5.26. The van der Waals surface area contributed by atoms with Gasteiger partial charge in [-0.3, -0.25) is 0 Å². The van der Waals surface area contributed by atoms with Crippen molar-refractivity contribution in [2.24, 2.45) is 0 Å². The zero-order valence-corrected chi connectivity index (χ0v) is 14.9. The second-order valence-corrected chi connectivity index (χ2v) is 8.72. The van der Waals surface area contributed by atoms with Gasteiger partial charge in [0.15, 0.2) is 0 Å².